The molecule has 0 aromatic heterocycles. The van der Waals surface area contributed by atoms with Crippen LogP contribution >= 0.6 is 0 Å². The smallest absolute Gasteiger partial charge is 0.406 e. The lowest BCUT2D eigenvalue weighted by Gasteiger charge is -2.21. The molecular formula is C13H13F3O3. The number of ether oxygens (including phenoxy) is 2. The number of halogens is 3. The lowest BCUT2D eigenvalue weighted by atomic mass is 9.93. The molecular weight excluding hydrogens is 261 g/mol. The number of Topliss-reactive ketones (excluding diaryl/α,β-unsaturated/α-hetero) is 1. The number of rotatable bonds is 3. The average Bonchev–Trinajstić information content (AvgIpc) is 2.37. The highest BCUT2D eigenvalue weighted by Crippen LogP contribution is 2.25. The summed E-state index contributed by atoms with van der Waals surface area (Å²) in [6.07, 6.45) is -3.27. The summed E-state index contributed by atoms with van der Waals surface area (Å²) in [5.41, 5.74) is 0.220. The van der Waals surface area contributed by atoms with Crippen LogP contribution in [0.2, 0.25) is 0 Å². The van der Waals surface area contributed by atoms with Crippen LogP contribution < -0.4 is 4.74 Å². The number of hydrogen-bond acceptors (Lipinski definition) is 3. The Bertz CT molecular complexity index is 451. The maximum Gasteiger partial charge on any atom is 0.573 e. The molecule has 0 N–H and O–H groups in total. The molecule has 0 radical (unpaired) electrons. The highest BCUT2D eigenvalue weighted by Gasteiger charge is 2.31. The van der Waals surface area contributed by atoms with Gasteiger partial charge in [-0.15, -0.1) is 13.2 Å². The highest BCUT2D eigenvalue weighted by molar-refractivity contribution is 5.98. The van der Waals surface area contributed by atoms with E-state index in [-0.39, 0.29) is 23.0 Å². The summed E-state index contributed by atoms with van der Waals surface area (Å²) in [4.78, 5) is 12.1. The molecule has 2 rings (SSSR count). The number of hydrogen-bond donors (Lipinski definition) is 0. The predicted octanol–water partition coefficient (Wildman–Crippen LogP) is 3.19. The summed E-state index contributed by atoms with van der Waals surface area (Å²) < 4.78 is 45.3. The van der Waals surface area contributed by atoms with Crippen molar-refractivity contribution in [1.82, 2.24) is 0 Å². The van der Waals surface area contributed by atoms with E-state index in [0.29, 0.717) is 19.6 Å². The highest BCUT2D eigenvalue weighted by atomic mass is 19.4. The third-order valence-corrected chi connectivity index (χ3v) is 2.88. The molecule has 1 aliphatic heterocycles. The first-order valence-electron chi connectivity index (χ1n) is 5.93. The van der Waals surface area contributed by atoms with E-state index >= 15 is 0 Å². The molecule has 0 aliphatic carbocycles. The Kier molecular flexibility index (Phi) is 4.09. The van der Waals surface area contributed by atoms with Crippen LogP contribution in [0.3, 0.4) is 0 Å². The van der Waals surface area contributed by atoms with Gasteiger partial charge in [0.15, 0.2) is 5.78 Å². The second-order valence-corrected chi connectivity index (χ2v) is 4.35. The van der Waals surface area contributed by atoms with Crippen molar-refractivity contribution in [3.63, 3.8) is 0 Å². The van der Waals surface area contributed by atoms with Crippen LogP contribution in [-0.4, -0.2) is 25.4 Å². The van der Waals surface area contributed by atoms with Gasteiger partial charge in [0, 0.05) is 18.1 Å². The van der Waals surface area contributed by atoms with Crippen LogP contribution in [0.25, 0.3) is 0 Å². The zero-order valence-electron chi connectivity index (χ0n) is 10.1. The Balaban J connectivity index is 2.11. The summed E-state index contributed by atoms with van der Waals surface area (Å²) in [6, 6.07) is 5.14. The lowest BCUT2D eigenvalue weighted by Crippen LogP contribution is -2.25. The third-order valence-electron chi connectivity index (χ3n) is 2.88. The lowest BCUT2D eigenvalue weighted by molar-refractivity contribution is -0.274. The van der Waals surface area contributed by atoms with Crippen LogP contribution in [0.4, 0.5) is 13.2 Å². The summed E-state index contributed by atoms with van der Waals surface area (Å²) in [5, 5.41) is 0. The molecule has 1 unspecified atom stereocenters. The van der Waals surface area contributed by atoms with Gasteiger partial charge in [0.1, 0.15) is 5.75 Å². The van der Waals surface area contributed by atoms with Gasteiger partial charge in [0.05, 0.1) is 6.61 Å². The SMILES string of the molecule is O=C(c1cccc(OC(F)(F)F)c1)C1CCCOC1. The van der Waals surface area contributed by atoms with Gasteiger partial charge in [0.25, 0.3) is 0 Å². The Morgan fingerprint density at radius 3 is 2.79 bits per heavy atom. The van der Waals surface area contributed by atoms with Gasteiger partial charge in [-0.1, -0.05) is 12.1 Å². The van der Waals surface area contributed by atoms with Crippen molar-refractivity contribution in [2.75, 3.05) is 13.2 Å². The number of carbonyl (C=O) groups is 1. The molecule has 0 spiro atoms. The summed E-state index contributed by atoms with van der Waals surface area (Å²) in [6.45, 7) is 0.949. The van der Waals surface area contributed by atoms with E-state index in [1.807, 2.05) is 0 Å². The first-order valence-corrected chi connectivity index (χ1v) is 5.93. The van der Waals surface area contributed by atoms with E-state index in [2.05, 4.69) is 4.74 Å². The first-order chi connectivity index (χ1) is 8.96. The molecule has 0 bridgehead atoms. The minimum Gasteiger partial charge on any atom is -0.406 e. The number of ketones is 1. The molecule has 1 heterocycles. The van der Waals surface area contributed by atoms with Crippen LogP contribution in [0.5, 0.6) is 5.75 Å². The Labute approximate surface area is 108 Å². The molecule has 104 valence electrons. The van der Waals surface area contributed by atoms with E-state index in [1.165, 1.54) is 18.2 Å². The quantitative estimate of drug-likeness (QED) is 0.794. The monoisotopic (exact) mass is 274 g/mol. The minimum absolute atomic E-state index is 0.202. The molecule has 1 fully saturated rings. The van der Waals surface area contributed by atoms with Crippen LogP contribution in [0.15, 0.2) is 24.3 Å². The van der Waals surface area contributed by atoms with E-state index in [9.17, 15) is 18.0 Å². The molecule has 6 heteroatoms. The fourth-order valence-corrected chi connectivity index (χ4v) is 2.03. The maximum absolute atomic E-state index is 12.1. The number of alkyl halides is 3. The van der Waals surface area contributed by atoms with Crippen molar-refractivity contribution < 1.29 is 27.4 Å². The largest absolute Gasteiger partial charge is 0.573 e. The molecule has 1 aliphatic rings. The second-order valence-electron chi connectivity index (χ2n) is 4.35. The third kappa shape index (κ3) is 3.96. The van der Waals surface area contributed by atoms with Gasteiger partial charge in [-0.05, 0) is 25.0 Å². The molecule has 19 heavy (non-hydrogen) atoms. The topological polar surface area (TPSA) is 35.5 Å². The Morgan fingerprint density at radius 1 is 1.37 bits per heavy atom. The van der Waals surface area contributed by atoms with Gasteiger partial charge in [-0.3, -0.25) is 4.79 Å². The fraction of sp³-hybridized carbons (Fsp3) is 0.462. The van der Waals surface area contributed by atoms with Gasteiger partial charge in [-0.25, -0.2) is 0 Å². The molecule has 0 amide bonds. The standard InChI is InChI=1S/C13H13F3O3/c14-13(15,16)19-11-5-1-3-9(7-11)12(17)10-4-2-6-18-8-10/h1,3,5,7,10H,2,4,6,8H2. The summed E-state index contributed by atoms with van der Waals surface area (Å²) in [7, 11) is 0. The fourth-order valence-electron chi connectivity index (χ4n) is 2.03. The number of carbonyl (C=O) groups excluding carboxylic acids is 1. The first kappa shape index (κ1) is 13.9. The minimum atomic E-state index is -4.75. The van der Waals surface area contributed by atoms with Gasteiger partial charge in [0.2, 0.25) is 0 Å². The van der Waals surface area contributed by atoms with Crippen molar-refractivity contribution in [3.05, 3.63) is 29.8 Å². The molecule has 1 aromatic rings. The van der Waals surface area contributed by atoms with Crippen LogP contribution in [0.1, 0.15) is 23.2 Å². The van der Waals surface area contributed by atoms with Crippen LogP contribution in [-0.2, 0) is 4.74 Å². The zero-order chi connectivity index (χ0) is 13.9. The molecule has 3 nitrogen and oxygen atoms in total. The predicted molar refractivity (Wildman–Crippen MR) is 61.0 cm³/mol. The van der Waals surface area contributed by atoms with E-state index in [1.54, 1.807) is 0 Å². The van der Waals surface area contributed by atoms with Crippen molar-refractivity contribution >= 4 is 5.78 Å². The van der Waals surface area contributed by atoms with Crippen molar-refractivity contribution in [2.45, 2.75) is 19.2 Å². The summed E-state index contributed by atoms with van der Waals surface area (Å²) in [5.74, 6) is -0.864. The van der Waals surface area contributed by atoms with Gasteiger partial charge in [-0.2, -0.15) is 0 Å². The van der Waals surface area contributed by atoms with E-state index in [0.717, 1.165) is 12.5 Å². The maximum atomic E-state index is 12.1. The molecule has 1 atom stereocenters. The van der Waals surface area contributed by atoms with E-state index < -0.39 is 6.36 Å². The molecule has 0 saturated carbocycles. The average molecular weight is 274 g/mol. The van der Waals surface area contributed by atoms with Crippen molar-refractivity contribution in [1.29, 1.82) is 0 Å². The number of benzene rings is 1. The summed E-state index contributed by atoms with van der Waals surface area (Å²) >= 11 is 0. The molecule has 1 aromatic carbocycles. The van der Waals surface area contributed by atoms with Crippen molar-refractivity contribution in [3.8, 4) is 5.75 Å². The van der Waals surface area contributed by atoms with Crippen LogP contribution in [0, 0.1) is 5.92 Å². The normalized spacial score (nSPS) is 20.1. The van der Waals surface area contributed by atoms with Gasteiger partial charge >= 0.3 is 6.36 Å². The zero-order valence-corrected chi connectivity index (χ0v) is 10.1. The van der Waals surface area contributed by atoms with Crippen molar-refractivity contribution in [2.24, 2.45) is 5.92 Å². The second kappa shape index (κ2) is 5.61. The molecule has 1 saturated heterocycles. The Morgan fingerprint density at radius 2 is 2.16 bits per heavy atom. The van der Waals surface area contributed by atoms with E-state index in [4.69, 9.17) is 4.74 Å². The van der Waals surface area contributed by atoms with Gasteiger partial charge < -0.3 is 9.47 Å². The Hall–Kier alpha value is -1.56.